The molecule has 0 aliphatic heterocycles. The molecule has 0 aromatic carbocycles. The Hall–Kier alpha value is 0.690. The first kappa shape index (κ1) is 12.7. The van der Waals surface area contributed by atoms with Gasteiger partial charge in [-0.2, -0.15) is 0 Å². The van der Waals surface area contributed by atoms with Crippen molar-refractivity contribution >= 4 is 51.7 Å². The zero-order valence-corrected chi connectivity index (χ0v) is 10.8. The number of rotatable bonds is 6. The van der Waals surface area contributed by atoms with Crippen LogP contribution in [-0.4, -0.2) is 30.3 Å². The summed E-state index contributed by atoms with van der Waals surface area (Å²) in [6, 6.07) is 0. The van der Waals surface area contributed by atoms with Crippen LogP contribution < -0.4 is 5.32 Å². The third kappa shape index (κ3) is 8.78. The average molecular weight is 399 g/mol. The number of carbonyl (C=O) groups is 1. The molecule has 1 N–H and O–H groups in total. The number of alkyl carbamates (subject to hydrolysis) is 1. The van der Waals surface area contributed by atoms with Crippen molar-refractivity contribution in [3.63, 3.8) is 0 Å². The molecule has 0 aliphatic carbocycles. The summed E-state index contributed by atoms with van der Waals surface area (Å²) in [4.78, 5) is 10.8. The fourth-order valence-corrected chi connectivity index (χ4v) is 1.06. The second-order valence-corrected chi connectivity index (χ2v) is 3.62. The molecule has 0 heterocycles. The van der Waals surface area contributed by atoms with E-state index in [0.717, 1.165) is 10.8 Å². The first-order valence-electron chi connectivity index (χ1n) is 3.51. The van der Waals surface area contributed by atoms with Crippen molar-refractivity contribution in [2.75, 3.05) is 24.2 Å². The highest BCUT2D eigenvalue weighted by atomic mass is 127. The number of hydrogen-bond donors (Lipinski definition) is 1. The third-order valence-electron chi connectivity index (χ3n) is 0.963. The molecule has 0 aromatic heterocycles. The Morgan fingerprint density at radius 1 is 1.42 bits per heavy atom. The normalized spacial score (nSPS) is 9.50. The number of nitrogens with one attached hydrogen (secondary N) is 1. The van der Waals surface area contributed by atoms with Crippen LogP contribution in [0.5, 0.6) is 0 Å². The topological polar surface area (TPSA) is 47.6 Å². The Kier molecular flexibility index (Phi) is 10.3. The predicted molar refractivity (Wildman–Crippen MR) is 62.8 cm³/mol. The van der Waals surface area contributed by atoms with Crippen molar-refractivity contribution in [1.82, 2.24) is 5.32 Å². The highest BCUT2D eigenvalue weighted by Crippen LogP contribution is 1.90. The van der Waals surface area contributed by atoms with Crippen molar-refractivity contribution in [2.45, 2.75) is 6.42 Å². The fourth-order valence-electron chi connectivity index (χ4n) is 0.479. The molecule has 0 aromatic rings. The first-order chi connectivity index (χ1) is 5.81. The zero-order valence-electron chi connectivity index (χ0n) is 6.52. The molecule has 0 atom stereocenters. The third-order valence-corrected chi connectivity index (χ3v) is 1.94. The standard InChI is InChI=1S/C6H11I2NO3/c7-2-3-9-6(10)11-4-1-5-12-8/h1-5H2,(H,9,10). The lowest BCUT2D eigenvalue weighted by Crippen LogP contribution is -2.26. The van der Waals surface area contributed by atoms with E-state index in [0.29, 0.717) is 19.8 Å². The molecule has 72 valence electrons. The van der Waals surface area contributed by atoms with Gasteiger partial charge in [0.1, 0.15) is 23.0 Å². The van der Waals surface area contributed by atoms with Crippen molar-refractivity contribution in [2.24, 2.45) is 0 Å². The minimum atomic E-state index is -0.347. The van der Waals surface area contributed by atoms with Gasteiger partial charge in [-0.15, -0.1) is 0 Å². The summed E-state index contributed by atoms with van der Waals surface area (Å²) in [5, 5.41) is 2.60. The summed E-state index contributed by atoms with van der Waals surface area (Å²) >= 11 is 3.99. The van der Waals surface area contributed by atoms with Crippen LogP contribution in [0, 0.1) is 0 Å². The van der Waals surface area contributed by atoms with Gasteiger partial charge in [0.05, 0.1) is 13.2 Å². The number of amides is 1. The van der Waals surface area contributed by atoms with Crippen LogP contribution in [0.15, 0.2) is 0 Å². The SMILES string of the molecule is O=C(NCCI)OCCCOI. The molecule has 0 aliphatic rings. The van der Waals surface area contributed by atoms with Crippen molar-refractivity contribution in [1.29, 1.82) is 0 Å². The van der Waals surface area contributed by atoms with Crippen molar-refractivity contribution in [3.8, 4) is 0 Å². The molecular formula is C6H11I2NO3. The highest BCUT2D eigenvalue weighted by Gasteiger charge is 1.98. The summed E-state index contributed by atoms with van der Waals surface area (Å²) in [6.45, 7) is 1.68. The van der Waals surface area contributed by atoms with Gasteiger partial charge < -0.3 is 13.1 Å². The van der Waals surface area contributed by atoms with Crippen LogP contribution in [0.4, 0.5) is 4.79 Å². The largest absolute Gasteiger partial charge is 0.449 e. The monoisotopic (exact) mass is 399 g/mol. The Morgan fingerprint density at radius 3 is 2.75 bits per heavy atom. The molecule has 12 heavy (non-hydrogen) atoms. The zero-order chi connectivity index (χ0) is 9.23. The Labute approximate surface area is 99.6 Å². The number of halogens is 2. The van der Waals surface area contributed by atoms with E-state index in [-0.39, 0.29) is 6.09 Å². The van der Waals surface area contributed by atoms with Gasteiger partial charge in [-0.3, -0.25) is 0 Å². The van der Waals surface area contributed by atoms with Crippen molar-refractivity contribution < 1.29 is 12.6 Å². The molecule has 0 saturated carbocycles. The van der Waals surface area contributed by atoms with Gasteiger partial charge >= 0.3 is 6.09 Å². The van der Waals surface area contributed by atoms with E-state index < -0.39 is 0 Å². The summed E-state index contributed by atoms with van der Waals surface area (Å²) in [6.07, 6.45) is 0.390. The number of carbonyl (C=O) groups excluding carboxylic acids is 1. The van der Waals surface area contributed by atoms with E-state index in [1.165, 1.54) is 0 Å². The number of hydrogen-bond acceptors (Lipinski definition) is 3. The minimum absolute atomic E-state index is 0.347. The maximum atomic E-state index is 10.8. The maximum Gasteiger partial charge on any atom is 0.407 e. The van der Waals surface area contributed by atoms with Gasteiger partial charge in [0, 0.05) is 17.4 Å². The second-order valence-electron chi connectivity index (χ2n) is 1.92. The summed E-state index contributed by atoms with van der Waals surface area (Å²) in [5.74, 6) is 0. The molecule has 0 rings (SSSR count). The molecule has 0 bridgehead atoms. The molecule has 0 spiro atoms. The maximum absolute atomic E-state index is 10.8. The van der Waals surface area contributed by atoms with Gasteiger partial charge in [-0.05, 0) is 0 Å². The molecule has 1 amide bonds. The summed E-state index contributed by atoms with van der Waals surface area (Å²) < 4.78 is 10.5. The minimum Gasteiger partial charge on any atom is -0.449 e. The second kappa shape index (κ2) is 9.78. The smallest absolute Gasteiger partial charge is 0.407 e. The van der Waals surface area contributed by atoms with E-state index in [1.54, 1.807) is 0 Å². The van der Waals surface area contributed by atoms with E-state index in [1.807, 2.05) is 23.0 Å². The fraction of sp³-hybridized carbons (Fsp3) is 0.833. The van der Waals surface area contributed by atoms with Gasteiger partial charge in [-0.1, -0.05) is 22.6 Å². The van der Waals surface area contributed by atoms with E-state index in [4.69, 9.17) is 7.80 Å². The lowest BCUT2D eigenvalue weighted by Gasteiger charge is -2.04. The molecule has 4 nitrogen and oxygen atoms in total. The summed E-state index contributed by atoms with van der Waals surface area (Å²) in [5.41, 5.74) is 0. The van der Waals surface area contributed by atoms with Crippen molar-refractivity contribution in [3.05, 3.63) is 0 Å². The highest BCUT2D eigenvalue weighted by molar-refractivity contribution is 14.1. The van der Waals surface area contributed by atoms with Gasteiger partial charge in [-0.25, -0.2) is 4.79 Å². The first-order valence-corrected chi connectivity index (χ1v) is 5.92. The van der Waals surface area contributed by atoms with Gasteiger partial charge in [0.25, 0.3) is 0 Å². The lowest BCUT2D eigenvalue weighted by atomic mass is 10.5. The quantitative estimate of drug-likeness (QED) is 0.422. The molecular weight excluding hydrogens is 388 g/mol. The molecule has 0 saturated heterocycles. The van der Waals surface area contributed by atoms with Gasteiger partial charge in [0.15, 0.2) is 0 Å². The van der Waals surface area contributed by atoms with Crippen LogP contribution in [0.2, 0.25) is 0 Å². The average Bonchev–Trinajstić information content (AvgIpc) is 2.09. The molecule has 0 radical (unpaired) electrons. The van der Waals surface area contributed by atoms with Crippen LogP contribution >= 0.6 is 45.6 Å². The predicted octanol–water partition coefficient (Wildman–Crippen LogP) is 1.90. The number of ether oxygens (including phenoxy) is 1. The molecule has 0 fully saturated rings. The summed E-state index contributed by atoms with van der Waals surface area (Å²) in [7, 11) is 0. The Bertz CT molecular complexity index is 123. The Balaban J connectivity index is 3.08. The van der Waals surface area contributed by atoms with Crippen LogP contribution in [-0.2, 0) is 7.80 Å². The van der Waals surface area contributed by atoms with Crippen LogP contribution in [0.1, 0.15) is 6.42 Å². The molecule has 0 unspecified atom stereocenters. The van der Waals surface area contributed by atoms with Crippen LogP contribution in [0.3, 0.4) is 0 Å². The van der Waals surface area contributed by atoms with E-state index in [9.17, 15) is 4.79 Å². The van der Waals surface area contributed by atoms with E-state index in [2.05, 4.69) is 27.9 Å². The van der Waals surface area contributed by atoms with Gasteiger partial charge in [0.2, 0.25) is 0 Å². The van der Waals surface area contributed by atoms with Crippen LogP contribution in [0.25, 0.3) is 0 Å². The molecule has 6 heteroatoms. The Morgan fingerprint density at radius 2 is 2.17 bits per heavy atom. The number of alkyl halides is 1. The lowest BCUT2D eigenvalue weighted by molar-refractivity contribution is 0.141. The van der Waals surface area contributed by atoms with E-state index >= 15 is 0 Å².